The number of nitrogens with one attached hydrogen (secondary N) is 1. The predicted octanol–water partition coefficient (Wildman–Crippen LogP) is 1.94. The smallest absolute Gasteiger partial charge is 0.314 e. The van der Waals surface area contributed by atoms with E-state index in [-0.39, 0.29) is 24.0 Å². The third kappa shape index (κ3) is 4.89. The van der Waals surface area contributed by atoms with Crippen molar-refractivity contribution in [2.45, 2.75) is 24.4 Å². The Balaban J connectivity index is 0.00000243. The van der Waals surface area contributed by atoms with Gasteiger partial charge in [0.05, 0.1) is 11.3 Å². The zero-order valence-corrected chi connectivity index (χ0v) is 15.8. The molecule has 1 atom stereocenters. The minimum Gasteiger partial charge on any atom is -0.314 e. The van der Waals surface area contributed by atoms with Gasteiger partial charge in [0, 0.05) is 45.3 Å². The maximum atomic E-state index is 13.1. The second kappa shape index (κ2) is 8.43. The predicted molar refractivity (Wildman–Crippen MR) is 95.7 cm³/mol. The quantitative estimate of drug-likeness (QED) is 0.819. The van der Waals surface area contributed by atoms with E-state index < -0.39 is 27.5 Å². The summed E-state index contributed by atoms with van der Waals surface area (Å²) in [5, 5.41) is 3.25. The van der Waals surface area contributed by atoms with Crippen molar-refractivity contribution >= 4 is 22.4 Å². The van der Waals surface area contributed by atoms with Crippen molar-refractivity contribution in [2.75, 3.05) is 39.3 Å². The Morgan fingerprint density at radius 2 is 1.77 bits per heavy atom. The van der Waals surface area contributed by atoms with Gasteiger partial charge in [0.1, 0.15) is 0 Å². The lowest BCUT2D eigenvalue weighted by molar-refractivity contribution is -0.138. The molecule has 1 N–H and O–H groups in total. The maximum absolute atomic E-state index is 13.1. The van der Waals surface area contributed by atoms with Crippen molar-refractivity contribution in [3.63, 3.8) is 0 Å². The molecule has 26 heavy (non-hydrogen) atoms. The first-order valence-corrected chi connectivity index (χ1v) is 9.96. The molecule has 148 valence electrons. The van der Waals surface area contributed by atoms with Crippen molar-refractivity contribution < 1.29 is 21.6 Å². The summed E-state index contributed by atoms with van der Waals surface area (Å²) in [7, 11) is -3.78. The van der Waals surface area contributed by atoms with Gasteiger partial charge in [-0.05, 0) is 18.1 Å². The molecule has 0 spiro atoms. The fraction of sp³-hybridized carbons (Fsp3) is 0.625. The molecule has 2 heterocycles. The Hall–Kier alpha value is -0.870. The first-order valence-electron chi connectivity index (χ1n) is 8.35. The molecule has 1 aromatic carbocycles. The SMILES string of the molecule is Cl.O=S(=O)(Cc1ccccc1C(F)(F)F)N1CCC(N2CCNCC2)C1. The van der Waals surface area contributed by atoms with E-state index in [9.17, 15) is 21.6 Å². The Kier molecular flexibility index (Phi) is 6.95. The lowest BCUT2D eigenvalue weighted by Crippen LogP contribution is -2.49. The van der Waals surface area contributed by atoms with E-state index in [0.29, 0.717) is 13.1 Å². The largest absolute Gasteiger partial charge is 0.416 e. The van der Waals surface area contributed by atoms with E-state index >= 15 is 0 Å². The molecule has 0 aromatic heterocycles. The average molecular weight is 414 g/mol. The summed E-state index contributed by atoms with van der Waals surface area (Å²) < 4.78 is 65.9. The highest BCUT2D eigenvalue weighted by Crippen LogP contribution is 2.33. The second-order valence-electron chi connectivity index (χ2n) is 6.50. The highest BCUT2D eigenvalue weighted by atomic mass is 35.5. The topological polar surface area (TPSA) is 52.7 Å². The van der Waals surface area contributed by atoms with Gasteiger partial charge in [-0.15, -0.1) is 12.4 Å². The first-order chi connectivity index (χ1) is 11.8. The Labute approximate surface area is 158 Å². The number of rotatable bonds is 4. The summed E-state index contributed by atoms with van der Waals surface area (Å²) in [4.78, 5) is 2.26. The third-order valence-corrected chi connectivity index (χ3v) is 6.64. The molecule has 2 aliphatic heterocycles. The van der Waals surface area contributed by atoms with Crippen LogP contribution in [-0.4, -0.2) is 62.9 Å². The van der Waals surface area contributed by atoms with Gasteiger partial charge in [-0.1, -0.05) is 18.2 Å². The van der Waals surface area contributed by atoms with Crippen molar-refractivity contribution in [1.29, 1.82) is 0 Å². The fourth-order valence-corrected chi connectivity index (χ4v) is 5.13. The molecule has 2 aliphatic rings. The van der Waals surface area contributed by atoms with Crippen LogP contribution < -0.4 is 5.32 Å². The summed E-state index contributed by atoms with van der Waals surface area (Å²) in [6, 6.07) is 5.03. The van der Waals surface area contributed by atoms with E-state index in [1.54, 1.807) is 0 Å². The van der Waals surface area contributed by atoms with Crippen LogP contribution in [0.2, 0.25) is 0 Å². The molecule has 0 aliphatic carbocycles. The van der Waals surface area contributed by atoms with Gasteiger partial charge < -0.3 is 5.32 Å². The number of nitrogens with zero attached hydrogens (tertiary/aromatic N) is 2. The van der Waals surface area contributed by atoms with Crippen LogP contribution in [0.25, 0.3) is 0 Å². The normalized spacial score (nSPS) is 23.0. The third-order valence-electron chi connectivity index (χ3n) is 4.85. The molecule has 2 saturated heterocycles. The van der Waals surface area contributed by atoms with Gasteiger partial charge in [0.2, 0.25) is 10.0 Å². The van der Waals surface area contributed by atoms with Gasteiger partial charge in [-0.25, -0.2) is 12.7 Å². The van der Waals surface area contributed by atoms with E-state index in [1.165, 1.54) is 22.5 Å². The van der Waals surface area contributed by atoms with Crippen molar-refractivity contribution in [3.05, 3.63) is 35.4 Å². The van der Waals surface area contributed by atoms with Crippen LogP contribution in [0.3, 0.4) is 0 Å². The van der Waals surface area contributed by atoms with Crippen molar-refractivity contribution in [2.24, 2.45) is 0 Å². The molecule has 0 amide bonds. The van der Waals surface area contributed by atoms with Crippen LogP contribution in [0.4, 0.5) is 13.2 Å². The first kappa shape index (κ1) is 21.4. The van der Waals surface area contributed by atoms with Crippen LogP contribution in [0, 0.1) is 0 Å². The lowest BCUT2D eigenvalue weighted by atomic mass is 10.1. The average Bonchev–Trinajstić information content (AvgIpc) is 3.06. The van der Waals surface area contributed by atoms with Gasteiger partial charge in [0.25, 0.3) is 0 Å². The van der Waals surface area contributed by atoms with Crippen molar-refractivity contribution in [3.8, 4) is 0 Å². The standard InChI is InChI=1S/C16H22F3N3O2S.ClH/c17-16(18,19)15-4-2-1-3-13(15)12-25(23,24)22-8-5-14(11-22)21-9-6-20-7-10-21;/h1-4,14,20H,5-12H2;1H. The van der Waals surface area contributed by atoms with Crippen LogP contribution >= 0.6 is 12.4 Å². The Bertz CT molecular complexity index is 709. The summed E-state index contributed by atoms with van der Waals surface area (Å²) in [6.45, 7) is 4.22. The fourth-order valence-electron chi connectivity index (χ4n) is 3.52. The van der Waals surface area contributed by atoms with Crippen LogP contribution in [-0.2, 0) is 22.0 Å². The molecule has 5 nitrogen and oxygen atoms in total. The maximum Gasteiger partial charge on any atom is 0.416 e. The lowest BCUT2D eigenvalue weighted by Gasteiger charge is -2.32. The monoisotopic (exact) mass is 413 g/mol. The highest BCUT2D eigenvalue weighted by Gasteiger charge is 2.38. The molecule has 1 unspecified atom stereocenters. The summed E-state index contributed by atoms with van der Waals surface area (Å²) >= 11 is 0. The Morgan fingerprint density at radius 3 is 2.42 bits per heavy atom. The van der Waals surface area contributed by atoms with E-state index in [1.807, 2.05) is 0 Å². The molecule has 0 saturated carbocycles. The van der Waals surface area contributed by atoms with Crippen LogP contribution in [0.1, 0.15) is 17.5 Å². The van der Waals surface area contributed by atoms with E-state index in [2.05, 4.69) is 10.2 Å². The second-order valence-corrected chi connectivity index (χ2v) is 8.47. The highest BCUT2D eigenvalue weighted by molar-refractivity contribution is 7.88. The zero-order valence-electron chi connectivity index (χ0n) is 14.2. The van der Waals surface area contributed by atoms with Gasteiger partial charge in [-0.3, -0.25) is 4.90 Å². The number of hydrogen-bond donors (Lipinski definition) is 1. The minimum atomic E-state index is -4.56. The van der Waals surface area contributed by atoms with Gasteiger partial charge >= 0.3 is 6.18 Å². The minimum absolute atomic E-state index is 0. The van der Waals surface area contributed by atoms with E-state index in [0.717, 1.165) is 38.7 Å². The van der Waals surface area contributed by atoms with Gasteiger partial charge in [0.15, 0.2) is 0 Å². The number of alkyl halides is 3. The molecule has 2 fully saturated rings. The van der Waals surface area contributed by atoms with Gasteiger partial charge in [-0.2, -0.15) is 13.2 Å². The molecular weight excluding hydrogens is 391 g/mol. The number of benzene rings is 1. The Morgan fingerprint density at radius 1 is 1.12 bits per heavy atom. The molecule has 0 bridgehead atoms. The molecule has 10 heteroatoms. The van der Waals surface area contributed by atoms with Crippen molar-refractivity contribution in [1.82, 2.24) is 14.5 Å². The molecule has 3 rings (SSSR count). The summed E-state index contributed by atoms with van der Waals surface area (Å²) in [5.74, 6) is -0.614. The number of hydrogen-bond acceptors (Lipinski definition) is 4. The van der Waals surface area contributed by atoms with Crippen LogP contribution in [0.5, 0.6) is 0 Å². The molecular formula is C16H23ClF3N3O2S. The molecule has 1 aromatic rings. The zero-order chi connectivity index (χ0) is 18.1. The summed E-state index contributed by atoms with van der Waals surface area (Å²) in [6.07, 6.45) is -3.83. The number of sulfonamides is 1. The van der Waals surface area contributed by atoms with Crippen LogP contribution in [0.15, 0.2) is 24.3 Å². The summed E-state index contributed by atoms with van der Waals surface area (Å²) in [5.41, 5.74) is -1.07. The molecule has 0 radical (unpaired) electrons. The van der Waals surface area contributed by atoms with E-state index in [4.69, 9.17) is 0 Å². The number of piperazine rings is 1. The number of halogens is 4.